The van der Waals surface area contributed by atoms with Crippen molar-refractivity contribution in [1.29, 1.82) is 5.26 Å². The summed E-state index contributed by atoms with van der Waals surface area (Å²) in [4.78, 5) is 12.1. The van der Waals surface area contributed by atoms with Crippen LogP contribution in [0.15, 0.2) is 60.2 Å². The summed E-state index contributed by atoms with van der Waals surface area (Å²) in [5, 5.41) is 12.5. The van der Waals surface area contributed by atoms with Crippen LogP contribution in [0.5, 0.6) is 0 Å². The van der Waals surface area contributed by atoms with E-state index in [1.807, 2.05) is 60.7 Å². The third kappa shape index (κ3) is 2.56. The van der Waals surface area contributed by atoms with Crippen molar-refractivity contribution in [2.24, 2.45) is 0 Å². The molecule has 0 saturated heterocycles. The summed E-state index contributed by atoms with van der Waals surface area (Å²) in [5.41, 5.74) is 3.90. The summed E-state index contributed by atoms with van der Waals surface area (Å²) < 4.78 is 0. The molecule has 0 amide bonds. The third-order valence-electron chi connectivity index (χ3n) is 3.59. The highest BCUT2D eigenvalue weighted by Gasteiger charge is 2.24. The number of allylic oxidation sites excluding steroid dienone is 1. The van der Waals surface area contributed by atoms with E-state index in [1.165, 1.54) is 0 Å². The van der Waals surface area contributed by atoms with Crippen LogP contribution in [0.25, 0.3) is 5.70 Å². The summed E-state index contributed by atoms with van der Waals surface area (Å²) >= 11 is 0. The van der Waals surface area contributed by atoms with Crippen molar-refractivity contribution >= 4 is 11.5 Å². The number of nitrogens with one attached hydrogen (secondary N) is 1. The van der Waals surface area contributed by atoms with Gasteiger partial charge in [0.05, 0.1) is 5.70 Å². The fourth-order valence-electron chi connectivity index (χ4n) is 2.54. The van der Waals surface area contributed by atoms with Crippen LogP contribution in [-0.4, -0.2) is 5.78 Å². The third-order valence-corrected chi connectivity index (χ3v) is 3.59. The lowest BCUT2D eigenvalue weighted by molar-refractivity contribution is -0.114. The Labute approximate surface area is 123 Å². The minimum absolute atomic E-state index is 0.119. The number of nitrogens with zero attached hydrogens (tertiary/aromatic N) is 1. The number of ketones is 1. The molecule has 3 rings (SSSR count). The van der Waals surface area contributed by atoms with Gasteiger partial charge in [-0.3, -0.25) is 4.79 Å². The molecule has 0 bridgehead atoms. The number of benzene rings is 2. The maximum absolute atomic E-state index is 12.1. The number of hydrogen-bond acceptors (Lipinski definition) is 3. The highest BCUT2D eigenvalue weighted by molar-refractivity contribution is 6.09. The molecule has 2 aromatic rings. The Morgan fingerprint density at radius 3 is 2.52 bits per heavy atom. The number of fused-ring (bicyclic) bond motifs is 1. The first kappa shape index (κ1) is 13.1. The van der Waals surface area contributed by atoms with Gasteiger partial charge < -0.3 is 5.32 Å². The molecule has 0 spiro atoms. The van der Waals surface area contributed by atoms with Crippen molar-refractivity contribution in [3.63, 3.8) is 0 Å². The number of Topliss-reactive ketones (excluding diaryl/α,β-unsaturated/α-hetero) is 1. The van der Waals surface area contributed by atoms with E-state index in [9.17, 15) is 10.1 Å². The zero-order chi connectivity index (χ0) is 14.7. The molecule has 0 fully saturated rings. The normalized spacial score (nSPS) is 13.6. The molecule has 0 aromatic heterocycles. The largest absolute Gasteiger partial charge is 0.379 e. The average Bonchev–Trinajstić information content (AvgIpc) is 2.53. The van der Waals surface area contributed by atoms with Crippen LogP contribution in [0.3, 0.4) is 0 Å². The first-order valence-electron chi connectivity index (χ1n) is 6.83. The monoisotopic (exact) mass is 274 g/mol. The van der Waals surface area contributed by atoms with Crippen molar-refractivity contribution in [3.05, 3.63) is 76.9 Å². The molecule has 0 aliphatic heterocycles. The molecular formula is C18H14N2O. The number of carbonyl (C=O) groups excluding carboxylic acids is 1. The van der Waals surface area contributed by atoms with Gasteiger partial charge in [0, 0.05) is 18.5 Å². The summed E-state index contributed by atoms with van der Waals surface area (Å²) in [7, 11) is 0. The summed E-state index contributed by atoms with van der Waals surface area (Å²) in [6, 6.07) is 19.7. The van der Waals surface area contributed by atoms with Gasteiger partial charge in [0.2, 0.25) is 0 Å². The highest BCUT2D eigenvalue weighted by atomic mass is 16.1. The van der Waals surface area contributed by atoms with Gasteiger partial charge in [0.1, 0.15) is 11.6 Å². The molecule has 2 aromatic carbocycles. The molecule has 1 N–H and O–H groups in total. The molecule has 0 heterocycles. The molecule has 3 nitrogen and oxygen atoms in total. The number of carbonyl (C=O) groups is 1. The predicted octanol–water partition coefficient (Wildman–Crippen LogP) is 2.84. The van der Waals surface area contributed by atoms with Crippen LogP contribution >= 0.6 is 0 Å². The van der Waals surface area contributed by atoms with Crippen molar-refractivity contribution in [2.75, 3.05) is 0 Å². The zero-order valence-electron chi connectivity index (χ0n) is 11.5. The fourth-order valence-corrected chi connectivity index (χ4v) is 2.54. The van der Waals surface area contributed by atoms with Gasteiger partial charge in [0.15, 0.2) is 5.78 Å². The second-order valence-electron chi connectivity index (χ2n) is 4.96. The second-order valence-corrected chi connectivity index (χ2v) is 4.96. The van der Waals surface area contributed by atoms with Crippen LogP contribution in [0.2, 0.25) is 0 Å². The minimum Gasteiger partial charge on any atom is -0.379 e. The Hall–Kier alpha value is -2.86. The maximum atomic E-state index is 12.1. The summed E-state index contributed by atoms with van der Waals surface area (Å²) in [6.45, 7) is 0.586. The van der Waals surface area contributed by atoms with Crippen LogP contribution in [0, 0.1) is 11.3 Å². The van der Waals surface area contributed by atoms with E-state index in [-0.39, 0.29) is 11.4 Å². The van der Waals surface area contributed by atoms with Gasteiger partial charge in [-0.05, 0) is 11.1 Å². The predicted molar refractivity (Wildman–Crippen MR) is 81.0 cm³/mol. The van der Waals surface area contributed by atoms with Gasteiger partial charge in [0.25, 0.3) is 0 Å². The summed E-state index contributed by atoms with van der Waals surface area (Å²) in [6.07, 6.45) is 0.301. The molecule has 1 aliphatic rings. The SMILES string of the molecule is N#CC1=C(NCc2ccccc2)c2ccccc2CC1=O. The summed E-state index contributed by atoms with van der Waals surface area (Å²) in [5.74, 6) is -0.119. The smallest absolute Gasteiger partial charge is 0.179 e. The van der Waals surface area contributed by atoms with E-state index in [4.69, 9.17) is 0 Å². The molecule has 3 heteroatoms. The van der Waals surface area contributed by atoms with E-state index in [2.05, 4.69) is 5.32 Å². The van der Waals surface area contributed by atoms with Gasteiger partial charge in [-0.1, -0.05) is 54.6 Å². The Bertz CT molecular complexity index is 754. The van der Waals surface area contributed by atoms with Gasteiger partial charge in [-0.15, -0.1) is 0 Å². The topological polar surface area (TPSA) is 52.9 Å². The Balaban J connectivity index is 1.96. The van der Waals surface area contributed by atoms with Crippen LogP contribution < -0.4 is 5.32 Å². The van der Waals surface area contributed by atoms with E-state index in [0.717, 1.165) is 16.7 Å². The van der Waals surface area contributed by atoms with Gasteiger partial charge in [-0.2, -0.15) is 5.26 Å². The lowest BCUT2D eigenvalue weighted by Gasteiger charge is -2.20. The number of hydrogen-bond donors (Lipinski definition) is 1. The lowest BCUT2D eigenvalue weighted by Crippen LogP contribution is -2.23. The second kappa shape index (κ2) is 5.64. The van der Waals surface area contributed by atoms with Crippen LogP contribution in [0.4, 0.5) is 0 Å². The first-order chi connectivity index (χ1) is 10.3. The molecule has 102 valence electrons. The average molecular weight is 274 g/mol. The standard InChI is InChI=1S/C18H14N2O/c19-11-16-17(21)10-14-8-4-5-9-15(14)18(16)20-12-13-6-2-1-3-7-13/h1-9,20H,10,12H2. The van der Waals surface area contributed by atoms with E-state index in [1.54, 1.807) is 0 Å². The minimum atomic E-state index is -0.119. The van der Waals surface area contributed by atoms with Crippen molar-refractivity contribution in [2.45, 2.75) is 13.0 Å². The van der Waals surface area contributed by atoms with Crippen LogP contribution in [-0.2, 0) is 17.8 Å². The molecule has 0 saturated carbocycles. The highest BCUT2D eigenvalue weighted by Crippen LogP contribution is 2.27. The quantitative estimate of drug-likeness (QED) is 0.936. The first-order valence-corrected chi connectivity index (χ1v) is 6.83. The number of nitriles is 1. The number of rotatable bonds is 3. The fraction of sp³-hybridized carbons (Fsp3) is 0.111. The molecule has 0 atom stereocenters. The molecule has 0 unspecified atom stereocenters. The Kier molecular flexibility index (Phi) is 3.53. The van der Waals surface area contributed by atoms with E-state index >= 15 is 0 Å². The Morgan fingerprint density at radius 1 is 1.05 bits per heavy atom. The van der Waals surface area contributed by atoms with Gasteiger partial charge in [-0.25, -0.2) is 0 Å². The molecule has 21 heavy (non-hydrogen) atoms. The van der Waals surface area contributed by atoms with Crippen molar-refractivity contribution in [1.82, 2.24) is 5.32 Å². The molecule has 1 aliphatic carbocycles. The van der Waals surface area contributed by atoms with Crippen LogP contribution in [0.1, 0.15) is 16.7 Å². The molecule has 0 radical (unpaired) electrons. The van der Waals surface area contributed by atoms with Crippen molar-refractivity contribution < 1.29 is 4.79 Å². The van der Waals surface area contributed by atoms with E-state index in [0.29, 0.717) is 18.7 Å². The van der Waals surface area contributed by atoms with Crippen molar-refractivity contribution in [3.8, 4) is 6.07 Å². The van der Waals surface area contributed by atoms with E-state index < -0.39 is 0 Å². The lowest BCUT2D eigenvalue weighted by atomic mass is 9.89. The molecular weight excluding hydrogens is 260 g/mol. The van der Waals surface area contributed by atoms with Gasteiger partial charge >= 0.3 is 0 Å². The zero-order valence-corrected chi connectivity index (χ0v) is 11.5. The Morgan fingerprint density at radius 2 is 1.76 bits per heavy atom. The maximum Gasteiger partial charge on any atom is 0.179 e.